The van der Waals surface area contributed by atoms with Crippen LogP contribution >= 0.6 is 0 Å². The van der Waals surface area contributed by atoms with E-state index < -0.39 is 0 Å². The Labute approximate surface area is 92.1 Å². The van der Waals surface area contributed by atoms with Gasteiger partial charge in [0.15, 0.2) is 0 Å². The zero-order chi connectivity index (χ0) is 10.3. The molecule has 1 aromatic carbocycles. The normalized spacial score (nSPS) is 24.5. The Bertz CT molecular complexity index is 354. The number of nitrogens with zero attached hydrogens (tertiary/aromatic N) is 1. The van der Waals surface area contributed by atoms with Crippen molar-refractivity contribution in [1.82, 2.24) is 4.90 Å². The van der Waals surface area contributed by atoms with Crippen LogP contribution in [0, 0.1) is 5.92 Å². The van der Waals surface area contributed by atoms with Crippen LogP contribution in [0.25, 0.3) is 0 Å². The Morgan fingerprint density at radius 3 is 2.80 bits per heavy atom. The molecule has 1 fully saturated rings. The lowest BCUT2D eigenvalue weighted by atomic mass is 10.1. The van der Waals surface area contributed by atoms with Gasteiger partial charge in [-0.1, -0.05) is 24.3 Å². The molecule has 1 unspecified atom stereocenters. The molecular formula is C14H19N. The van der Waals surface area contributed by atoms with Crippen LogP contribution in [0.5, 0.6) is 0 Å². The molecule has 0 heterocycles. The van der Waals surface area contributed by atoms with Crippen molar-refractivity contribution in [1.29, 1.82) is 0 Å². The summed E-state index contributed by atoms with van der Waals surface area (Å²) < 4.78 is 0. The molecule has 0 aliphatic heterocycles. The van der Waals surface area contributed by atoms with Crippen LogP contribution in [0.4, 0.5) is 0 Å². The lowest BCUT2D eigenvalue weighted by molar-refractivity contribution is 0.235. The molecule has 1 atom stereocenters. The van der Waals surface area contributed by atoms with E-state index in [1.807, 2.05) is 0 Å². The topological polar surface area (TPSA) is 3.24 Å². The maximum Gasteiger partial charge on any atom is 0.0351 e. The van der Waals surface area contributed by atoms with Crippen LogP contribution in [0.1, 0.15) is 36.4 Å². The van der Waals surface area contributed by atoms with Crippen LogP contribution in [-0.4, -0.2) is 18.5 Å². The van der Waals surface area contributed by atoms with E-state index in [-0.39, 0.29) is 0 Å². The first-order valence-electron chi connectivity index (χ1n) is 6.12. The van der Waals surface area contributed by atoms with Gasteiger partial charge in [-0.3, -0.25) is 4.90 Å². The Balaban J connectivity index is 1.77. The minimum Gasteiger partial charge on any atom is -0.299 e. The SMILES string of the molecule is CN(CC1CC1)C1CCc2ccccc21. The van der Waals surface area contributed by atoms with E-state index in [2.05, 4.69) is 36.2 Å². The van der Waals surface area contributed by atoms with E-state index in [0.29, 0.717) is 6.04 Å². The monoisotopic (exact) mass is 201 g/mol. The quantitative estimate of drug-likeness (QED) is 0.726. The molecule has 1 heteroatoms. The lowest BCUT2D eigenvalue weighted by Gasteiger charge is -2.25. The lowest BCUT2D eigenvalue weighted by Crippen LogP contribution is -2.25. The van der Waals surface area contributed by atoms with Gasteiger partial charge in [-0.15, -0.1) is 0 Å². The molecule has 0 amide bonds. The van der Waals surface area contributed by atoms with Gasteiger partial charge in [0, 0.05) is 12.6 Å². The Morgan fingerprint density at radius 2 is 2.00 bits per heavy atom. The summed E-state index contributed by atoms with van der Waals surface area (Å²) in [7, 11) is 2.30. The molecular weight excluding hydrogens is 182 g/mol. The van der Waals surface area contributed by atoms with Crippen LogP contribution in [0.3, 0.4) is 0 Å². The molecule has 2 aliphatic rings. The molecule has 1 saturated carbocycles. The minimum absolute atomic E-state index is 0.696. The molecule has 1 nitrogen and oxygen atoms in total. The van der Waals surface area contributed by atoms with Crippen molar-refractivity contribution in [2.45, 2.75) is 31.7 Å². The molecule has 0 radical (unpaired) electrons. The van der Waals surface area contributed by atoms with Gasteiger partial charge in [0.2, 0.25) is 0 Å². The van der Waals surface area contributed by atoms with Crippen LogP contribution in [-0.2, 0) is 6.42 Å². The average Bonchev–Trinajstić information content (AvgIpc) is 2.96. The highest BCUT2D eigenvalue weighted by molar-refractivity contribution is 5.34. The van der Waals surface area contributed by atoms with Gasteiger partial charge in [-0.2, -0.15) is 0 Å². The Morgan fingerprint density at radius 1 is 1.20 bits per heavy atom. The first kappa shape index (κ1) is 9.41. The molecule has 0 bridgehead atoms. The van der Waals surface area contributed by atoms with Crippen molar-refractivity contribution in [2.24, 2.45) is 5.92 Å². The van der Waals surface area contributed by atoms with E-state index in [4.69, 9.17) is 0 Å². The predicted octanol–water partition coefficient (Wildman–Crippen LogP) is 3.02. The highest BCUT2D eigenvalue weighted by Crippen LogP contribution is 2.37. The maximum absolute atomic E-state index is 2.57. The summed E-state index contributed by atoms with van der Waals surface area (Å²) in [5.74, 6) is 1.00. The summed E-state index contributed by atoms with van der Waals surface area (Å²) >= 11 is 0. The number of benzene rings is 1. The fourth-order valence-corrected chi connectivity index (χ4v) is 2.83. The number of hydrogen-bond acceptors (Lipinski definition) is 1. The fraction of sp³-hybridized carbons (Fsp3) is 0.571. The third-order valence-corrected chi connectivity index (χ3v) is 3.88. The third kappa shape index (κ3) is 1.81. The van der Waals surface area contributed by atoms with E-state index >= 15 is 0 Å². The summed E-state index contributed by atoms with van der Waals surface area (Å²) in [4.78, 5) is 2.57. The fourth-order valence-electron chi connectivity index (χ4n) is 2.83. The van der Waals surface area contributed by atoms with Gasteiger partial charge >= 0.3 is 0 Å². The van der Waals surface area contributed by atoms with Crippen molar-refractivity contribution in [2.75, 3.05) is 13.6 Å². The van der Waals surface area contributed by atoms with Gasteiger partial charge in [-0.05, 0) is 49.8 Å². The van der Waals surface area contributed by atoms with E-state index in [1.165, 1.54) is 32.2 Å². The van der Waals surface area contributed by atoms with Gasteiger partial charge in [0.25, 0.3) is 0 Å². The zero-order valence-corrected chi connectivity index (χ0v) is 9.45. The second-order valence-electron chi connectivity index (χ2n) is 5.14. The zero-order valence-electron chi connectivity index (χ0n) is 9.45. The van der Waals surface area contributed by atoms with Gasteiger partial charge in [-0.25, -0.2) is 0 Å². The van der Waals surface area contributed by atoms with Gasteiger partial charge in [0.05, 0.1) is 0 Å². The molecule has 0 aromatic heterocycles. The largest absolute Gasteiger partial charge is 0.299 e. The number of rotatable bonds is 3. The summed E-state index contributed by atoms with van der Waals surface area (Å²) in [5.41, 5.74) is 3.16. The van der Waals surface area contributed by atoms with Crippen molar-refractivity contribution < 1.29 is 0 Å². The van der Waals surface area contributed by atoms with Crippen molar-refractivity contribution in [3.05, 3.63) is 35.4 Å². The van der Waals surface area contributed by atoms with E-state index in [1.54, 1.807) is 11.1 Å². The van der Waals surface area contributed by atoms with E-state index in [0.717, 1.165) is 5.92 Å². The summed E-state index contributed by atoms with van der Waals surface area (Å²) in [6, 6.07) is 9.66. The molecule has 0 spiro atoms. The summed E-state index contributed by atoms with van der Waals surface area (Å²) in [6.07, 6.45) is 5.51. The van der Waals surface area contributed by atoms with Crippen molar-refractivity contribution in [3.8, 4) is 0 Å². The average molecular weight is 201 g/mol. The molecule has 80 valence electrons. The molecule has 15 heavy (non-hydrogen) atoms. The number of fused-ring (bicyclic) bond motifs is 1. The first-order valence-corrected chi connectivity index (χ1v) is 6.12. The Hall–Kier alpha value is -0.820. The van der Waals surface area contributed by atoms with Gasteiger partial charge in [0.1, 0.15) is 0 Å². The smallest absolute Gasteiger partial charge is 0.0351 e. The molecule has 3 rings (SSSR count). The molecule has 0 N–H and O–H groups in total. The van der Waals surface area contributed by atoms with Crippen LogP contribution in [0.2, 0.25) is 0 Å². The van der Waals surface area contributed by atoms with Crippen molar-refractivity contribution in [3.63, 3.8) is 0 Å². The third-order valence-electron chi connectivity index (χ3n) is 3.88. The number of aryl methyl sites for hydroxylation is 1. The number of hydrogen-bond donors (Lipinski definition) is 0. The molecule has 1 aromatic rings. The minimum atomic E-state index is 0.696. The van der Waals surface area contributed by atoms with Gasteiger partial charge < -0.3 is 0 Å². The molecule has 0 saturated heterocycles. The molecule has 2 aliphatic carbocycles. The van der Waals surface area contributed by atoms with Crippen LogP contribution < -0.4 is 0 Å². The highest BCUT2D eigenvalue weighted by atomic mass is 15.1. The van der Waals surface area contributed by atoms with Crippen LogP contribution in [0.15, 0.2) is 24.3 Å². The standard InChI is InChI=1S/C14H19N/c1-15(10-11-6-7-11)14-9-8-12-4-2-3-5-13(12)14/h2-5,11,14H,6-10H2,1H3. The summed E-state index contributed by atoms with van der Waals surface area (Å²) in [6.45, 7) is 1.30. The maximum atomic E-state index is 2.57. The predicted molar refractivity (Wildman–Crippen MR) is 62.9 cm³/mol. The van der Waals surface area contributed by atoms with E-state index in [9.17, 15) is 0 Å². The first-order chi connectivity index (χ1) is 7.34. The Kier molecular flexibility index (Phi) is 2.28. The second-order valence-corrected chi connectivity index (χ2v) is 5.14. The summed E-state index contributed by atoms with van der Waals surface area (Å²) in [5, 5.41) is 0. The van der Waals surface area contributed by atoms with Crippen molar-refractivity contribution >= 4 is 0 Å². The second kappa shape index (κ2) is 3.64. The highest BCUT2D eigenvalue weighted by Gasteiger charge is 2.29.